The van der Waals surface area contributed by atoms with Crippen molar-refractivity contribution >= 4 is 11.1 Å². The van der Waals surface area contributed by atoms with Crippen molar-refractivity contribution in [3.05, 3.63) is 36.0 Å². The summed E-state index contributed by atoms with van der Waals surface area (Å²) in [5, 5.41) is 3.75. The van der Waals surface area contributed by atoms with E-state index >= 15 is 0 Å². The van der Waals surface area contributed by atoms with Crippen molar-refractivity contribution in [3.8, 4) is 11.3 Å². The Balaban J connectivity index is 2.45. The highest BCUT2D eigenvalue weighted by atomic mass is 32.2. The smallest absolute Gasteiger partial charge is 0.186 e. The number of aromatic nitrogens is 1. The fourth-order valence-corrected chi connectivity index (χ4v) is 1.68. The molecule has 0 aliphatic heterocycles. The number of rotatable bonds is 2. The highest BCUT2D eigenvalue weighted by molar-refractivity contribution is 7.79. The number of hydrogen-bond donors (Lipinski definition) is 1. The molecule has 2 aromatic rings. The lowest BCUT2D eigenvalue weighted by Gasteiger charge is -1.97. The van der Waals surface area contributed by atoms with E-state index in [0.717, 1.165) is 11.3 Å². The lowest BCUT2D eigenvalue weighted by molar-refractivity contribution is 0.427. The second-order valence-electron chi connectivity index (χ2n) is 3.11. The zero-order valence-corrected chi connectivity index (χ0v) is 8.82. The Morgan fingerprint density at radius 1 is 1.40 bits per heavy atom. The van der Waals surface area contributed by atoms with Crippen LogP contribution in [0.1, 0.15) is 5.69 Å². The molecule has 0 aliphatic carbocycles. The van der Waals surface area contributed by atoms with Crippen molar-refractivity contribution in [2.45, 2.75) is 11.8 Å². The predicted molar refractivity (Wildman–Crippen MR) is 55.7 cm³/mol. The summed E-state index contributed by atoms with van der Waals surface area (Å²) in [6, 6.07) is 8.48. The third-order valence-corrected chi connectivity index (χ3v) is 2.61. The topological polar surface area (TPSA) is 63.3 Å². The molecule has 1 heterocycles. The van der Waals surface area contributed by atoms with Crippen LogP contribution in [0.3, 0.4) is 0 Å². The van der Waals surface area contributed by atoms with Crippen LogP contribution in [0.4, 0.5) is 0 Å². The molecular weight excluding hydrogens is 214 g/mol. The van der Waals surface area contributed by atoms with Gasteiger partial charge in [-0.2, -0.15) is 0 Å². The number of hydrogen-bond acceptors (Lipinski definition) is 3. The van der Waals surface area contributed by atoms with E-state index in [4.69, 9.17) is 9.08 Å². The molecule has 2 rings (SSSR count). The van der Waals surface area contributed by atoms with Crippen LogP contribution in [0.2, 0.25) is 0 Å². The fraction of sp³-hybridized carbons (Fsp3) is 0.100. The van der Waals surface area contributed by atoms with Crippen LogP contribution in [0.25, 0.3) is 11.3 Å². The third kappa shape index (κ3) is 2.14. The molecular formula is C10H9NO3S. The molecule has 15 heavy (non-hydrogen) atoms. The van der Waals surface area contributed by atoms with Crippen molar-refractivity contribution in [1.29, 1.82) is 0 Å². The van der Waals surface area contributed by atoms with E-state index in [-0.39, 0.29) is 0 Å². The molecule has 0 spiro atoms. The average molecular weight is 223 g/mol. The Bertz CT molecular complexity index is 507. The number of nitrogens with zero attached hydrogens (tertiary/aromatic N) is 1. The van der Waals surface area contributed by atoms with Gasteiger partial charge in [0.05, 0.1) is 10.6 Å². The molecule has 0 saturated carbocycles. The van der Waals surface area contributed by atoms with Crippen LogP contribution in [-0.4, -0.2) is 13.9 Å². The summed E-state index contributed by atoms with van der Waals surface area (Å²) in [6.45, 7) is 1.82. The van der Waals surface area contributed by atoms with Gasteiger partial charge in [0.15, 0.2) is 16.8 Å². The minimum Gasteiger partial charge on any atom is -0.356 e. The molecule has 1 aromatic heterocycles. The van der Waals surface area contributed by atoms with Gasteiger partial charge in [0.1, 0.15) is 0 Å². The first kappa shape index (κ1) is 10.1. The van der Waals surface area contributed by atoms with Crippen molar-refractivity contribution in [2.75, 3.05) is 0 Å². The molecule has 1 N–H and O–H groups in total. The Kier molecular flexibility index (Phi) is 2.66. The molecule has 1 unspecified atom stereocenters. The molecule has 4 nitrogen and oxygen atoms in total. The summed E-state index contributed by atoms with van der Waals surface area (Å²) >= 11 is -1.97. The Labute approximate surface area is 89.2 Å². The standard InChI is InChI=1S/C10H9NO3S/c1-7-5-10(14-11-7)8-3-2-4-9(6-8)15(12)13/h2-6H,1H3,(H,12,13). The lowest BCUT2D eigenvalue weighted by Crippen LogP contribution is -1.87. The number of aryl methyl sites for hydroxylation is 1. The first-order valence-corrected chi connectivity index (χ1v) is 5.42. The molecule has 78 valence electrons. The Morgan fingerprint density at radius 3 is 2.80 bits per heavy atom. The van der Waals surface area contributed by atoms with Gasteiger partial charge in [-0.05, 0) is 19.1 Å². The van der Waals surface area contributed by atoms with E-state index in [0.29, 0.717) is 10.7 Å². The third-order valence-electron chi connectivity index (χ3n) is 1.95. The van der Waals surface area contributed by atoms with Gasteiger partial charge >= 0.3 is 0 Å². The monoisotopic (exact) mass is 223 g/mol. The van der Waals surface area contributed by atoms with Gasteiger partial charge in [0.25, 0.3) is 0 Å². The molecule has 0 fully saturated rings. The maximum absolute atomic E-state index is 10.9. The van der Waals surface area contributed by atoms with Gasteiger partial charge in [0.2, 0.25) is 0 Å². The molecule has 0 radical (unpaired) electrons. The zero-order chi connectivity index (χ0) is 10.8. The zero-order valence-electron chi connectivity index (χ0n) is 8.01. The maximum Gasteiger partial charge on any atom is 0.186 e. The summed E-state index contributed by atoms with van der Waals surface area (Å²) in [4.78, 5) is 0.349. The van der Waals surface area contributed by atoms with E-state index in [2.05, 4.69) is 5.16 Å². The molecule has 1 aromatic carbocycles. The highest BCUT2D eigenvalue weighted by Gasteiger charge is 2.06. The molecule has 0 bridgehead atoms. The molecule has 0 amide bonds. The summed E-state index contributed by atoms with van der Waals surface area (Å²) < 4.78 is 24.8. The average Bonchev–Trinajstić information content (AvgIpc) is 2.65. The summed E-state index contributed by atoms with van der Waals surface area (Å²) in [6.07, 6.45) is 0. The second-order valence-corrected chi connectivity index (χ2v) is 4.08. The quantitative estimate of drug-likeness (QED) is 0.793. The summed E-state index contributed by atoms with van der Waals surface area (Å²) in [5.41, 5.74) is 1.52. The van der Waals surface area contributed by atoms with Crippen LogP contribution in [-0.2, 0) is 11.1 Å². The van der Waals surface area contributed by atoms with Crippen molar-refractivity contribution in [1.82, 2.24) is 5.16 Å². The van der Waals surface area contributed by atoms with Gasteiger partial charge in [-0.25, -0.2) is 4.21 Å². The van der Waals surface area contributed by atoms with Gasteiger partial charge in [-0.15, -0.1) is 0 Å². The second kappa shape index (κ2) is 3.96. The summed E-state index contributed by atoms with van der Waals surface area (Å²) in [7, 11) is 0. The largest absolute Gasteiger partial charge is 0.356 e. The first-order chi connectivity index (χ1) is 7.16. The first-order valence-electron chi connectivity index (χ1n) is 4.31. The SMILES string of the molecule is Cc1cc(-c2cccc(S(=O)O)c2)on1. The van der Waals surface area contributed by atoms with Crippen molar-refractivity contribution in [3.63, 3.8) is 0 Å². The molecule has 5 heteroatoms. The van der Waals surface area contributed by atoms with Gasteiger partial charge in [-0.3, -0.25) is 0 Å². The minimum absolute atomic E-state index is 0.349. The molecule has 0 saturated heterocycles. The maximum atomic E-state index is 10.9. The Hall–Kier alpha value is -1.46. The van der Waals surface area contributed by atoms with Crippen LogP contribution >= 0.6 is 0 Å². The fourth-order valence-electron chi connectivity index (χ4n) is 1.26. The van der Waals surface area contributed by atoms with E-state index in [9.17, 15) is 4.21 Å². The Morgan fingerprint density at radius 2 is 2.20 bits per heavy atom. The van der Waals surface area contributed by atoms with Gasteiger partial charge < -0.3 is 9.08 Å². The van der Waals surface area contributed by atoms with Crippen LogP contribution in [0.15, 0.2) is 39.8 Å². The molecule has 1 atom stereocenters. The minimum atomic E-state index is -1.97. The van der Waals surface area contributed by atoms with E-state index in [1.54, 1.807) is 30.3 Å². The van der Waals surface area contributed by atoms with Crippen LogP contribution < -0.4 is 0 Å². The highest BCUT2D eigenvalue weighted by Crippen LogP contribution is 2.22. The van der Waals surface area contributed by atoms with Gasteiger partial charge in [0, 0.05) is 11.6 Å². The van der Waals surface area contributed by atoms with Crippen molar-refractivity contribution < 1.29 is 13.3 Å². The van der Waals surface area contributed by atoms with E-state index in [1.807, 2.05) is 6.92 Å². The lowest BCUT2D eigenvalue weighted by atomic mass is 10.2. The van der Waals surface area contributed by atoms with Gasteiger partial charge in [-0.1, -0.05) is 17.3 Å². The van der Waals surface area contributed by atoms with Crippen LogP contribution in [0, 0.1) is 6.92 Å². The number of benzene rings is 1. The normalized spacial score (nSPS) is 12.7. The summed E-state index contributed by atoms with van der Waals surface area (Å²) in [5.74, 6) is 0.597. The van der Waals surface area contributed by atoms with Crippen LogP contribution in [0.5, 0.6) is 0 Å². The predicted octanol–water partition coefficient (Wildman–Crippen LogP) is 2.23. The van der Waals surface area contributed by atoms with Crippen molar-refractivity contribution in [2.24, 2.45) is 0 Å². The van der Waals surface area contributed by atoms with E-state index in [1.165, 1.54) is 0 Å². The van der Waals surface area contributed by atoms with E-state index < -0.39 is 11.1 Å². The molecule has 0 aliphatic rings.